The second kappa shape index (κ2) is 7.46. The molecule has 0 aliphatic carbocycles. The Morgan fingerprint density at radius 1 is 0.524 bits per heavy atom. The maximum absolute atomic E-state index is 6.11. The quantitative estimate of drug-likeness (QED) is 0.560. The molecule has 128 valence electrons. The maximum Gasteiger partial charge on any atom is 0.0648 e. The summed E-state index contributed by atoms with van der Waals surface area (Å²) < 4.78 is 12.2. The Hall–Kier alpha value is -0.0800. The lowest BCUT2D eigenvalue weighted by molar-refractivity contribution is -0.0906. The van der Waals surface area contributed by atoms with E-state index < -0.39 is 0 Å². The molecule has 0 saturated heterocycles. The Labute approximate surface area is 134 Å². The summed E-state index contributed by atoms with van der Waals surface area (Å²) in [4.78, 5) is 0. The van der Waals surface area contributed by atoms with Gasteiger partial charge in [-0.25, -0.2) is 0 Å². The van der Waals surface area contributed by atoms with E-state index in [0.717, 1.165) is 26.1 Å². The molecule has 0 aromatic carbocycles. The van der Waals surface area contributed by atoms with Gasteiger partial charge in [0, 0.05) is 0 Å². The van der Waals surface area contributed by atoms with Crippen LogP contribution in [0.15, 0.2) is 0 Å². The Kier molecular flexibility index (Phi) is 7.43. The molecule has 0 aromatic heterocycles. The van der Waals surface area contributed by atoms with Crippen molar-refractivity contribution in [1.82, 2.24) is 0 Å². The molecule has 0 heterocycles. The molecule has 21 heavy (non-hydrogen) atoms. The Bertz CT molecular complexity index is 260. The van der Waals surface area contributed by atoms with Crippen molar-refractivity contribution in [2.75, 3.05) is 13.2 Å². The predicted octanol–water partition coefficient (Wildman–Crippen LogP) is 5.84. The highest BCUT2D eigenvalue weighted by Gasteiger charge is 2.25. The highest BCUT2D eigenvalue weighted by molar-refractivity contribution is 4.75. The average Bonchev–Trinajstić information content (AvgIpc) is 2.22. The molecule has 0 unspecified atom stereocenters. The Balaban J connectivity index is 4.10. The summed E-state index contributed by atoms with van der Waals surface area (Å²) in [6.45, 7) is 23.7. The summed E-state index contributed by atoms with van der Waals surface area (Å²) in [5.41, 5.74) is 0.417. The van der Waals surface area contributed by atoms with Gasteiger partial charge < -0.3 is 9.47 Å². The lowest BCUT2D eigenvalue weighted by Gasteiger charge is -2.33. The highest BCUT2D eigenvalue weighted by Crippen LogP contribution is 2.28. The summed E-state index contributed by atoms with van der Waals surface area (Å²) in [5.74, 6) is 0. The Morgan fingerprint density at radius 3 is 1.43 bits per heavy atom. The largest absolute Gasteiger partial charge is 0.375 e. The molecule has 0 bridgehead atoms. The third-order valence-corrected chi connectivity index (χ3v) is 3.57. The minimum atomic E-state index is -0.118. The van der Waals surface area contributed by atoms with Gasteiger partial charge in [-0.1, -0.05) is 41.5 Å². The van der Waals surface area contributed by atoms with Crippen LogP contribution in [0.3, 0.4) is 0 Å². The summed E-state index contributed by atoms with van der Waals surface area (Å²) in [7, 11) is 0. The van der Waals surface area contributed by atoms with Crippen LogP contribution in [0.2, 0.25) is 0 Å². The molecule has 0 aromatic rings. The monoisotopic (exact) mass is 300 g/mol. The van der Waals surface area contributed by atoms with Crippen LogP contribution in [0.25, 0.3) is 0 Å². The van der Waals surface area contributed by atoms with Crippen LogP contribution in [0.1, 0.15) is 88.5 Å². The second-order valence-electron chi connectivity index (χ2n) is 10.0. The van der Waals surface area contributed by atoms with Gasteiger partial charge in [-0.05, 0) is 57.8 Å². The molecule has 0 saturated carbocycles. The third kappa shape index (κ3) is 13.3. The standard InChI is InChI=1S/C19H40O2/c1-16(2,3)11-12-18(7,8)20-14-13-19(9,10)21-15-17(4,5)6/h11-15H2,1-10H3. The van der Waals surface area contributed by atoms with Gasteiger partial charge in [0.1, 0.15) is 0 Å². The van der Waals surface area contributed by atoms with Crippen LogP contribution >= 0.6 is 0 Å². The molecule has 0 fully saturated rings. The van der Waals surface area contributed by atoms with Gasteiger partial charge in [0.05, 0.1) is 24.4 Å². The zero-order valence-electron chi connectivity index (χ0n) is 16.4. The summed E-state index contributed by atoms with van der Waals surface area (Å²) >= 11 is 0. The lowest BCUT2D eigenvalue weighted by Crippen LogP contribution is -2.33. The summed E-state index contributed by atoms with van der Waals surface area (Å²) in [6.07, 6.45) is 3.21. The van der Waals surface area contributed by atoms with E-state index in [-0.39, 0.29) is 16.6 Å². The molecule has 0 radical (unpaired) electrons. The number of ether oxygens (including phenoxy) is 2. The third-order valence-electron chi connectivity index (χ3n) is 3.57. The zero-order valence-corrected chi connectivity index (χ0v) is 16.4. The molecular formula is C19H40O2. The van der Waals surface area contributed by atoms with Crippen molar-refractivity contribution in [3.8, 4) is 0 Å². The fraction of sp³-hybridized carbons (Fsp3) is 1.00. The van der Waals surface area contributed by atoms with Gasteiger partial charge in [-0.15, -0.1) is 0 Å². The van der Waals surface area contributed by atoms with Crippen molar-refractivity contribution < 1.29 is 9.47 Å². The fourth-order valence-electron chi connectivity index (χ4n) is 1.81. The van der Waals surface area contributed by atoms with Crippen molar-refractivity contribution in [3.05, 3.63) is 0 Å². The van der Waals surface area contributed by atoms with Crippen molar-refractivity contribution in [3.63, 3.8) is 0 Å². The first-order valence-corrected chi connectivity index (χ1v) is 8.40. The molecule has 2 nitrogen and oxygen atoms in total. The number of hydrogen-bond donors (Lipinski definition) is 0. The van der Waals surface area contributed by atoms with Gasteiger partial charge >= 0.3 is 0 Å². The molecule has 0 spiro atoms. The number of hydrogen-bond acceptors (Lipinski definition) is 2. The van der Waals surface area contributed by atoms with Gasteiger partial charge in [-0.2, -0.15) is 0 Å². The predicted molar refractivity (Wildman–Crippen MR) is 92.8 cm³/mol. The molecule has 2 heteroatoms. The molecule has 0 aliphatic heterocycles. The second-order valence-corrected chi connectivity index (χ2v) is 10.0. The van der Waals surface area contributed by atoms with Crippen molar-refractivity contribution >= 4 is 0 Å². The zero-order chi connectivity index (χ0) is 16.9. The first-order chi connectivity index (χ1) is 9.12. The van der Waals surface area contributed by atoms with Crippen LogP contribution in [0, 0.1) is 10.8 Å². The topological polar surface area (TPSA) is 18.5 Å². The van der Waals surface area contributed by atoms with E-state index in [2.05, 4.69) is 69.2 Å². The number of rotatable bonds is 8. The molecule has 0 atom stereocenters. The van der Waals surface area contributed by atoms with Gasteiger partial charge in [0.2, 0.25) is 0 Å². The summed E-state index contributed by atoms with van der Waals surface area (Å²) in [5, 5.41) is 0. The first-order valence-electron chi connectivity index (χ1n) is 8.40. The van der Waals surface area contributed by atoms with Crippen molar-refractivity contribution in [2.45, 2.75) is 99.7 Å². The van der Waals surface area contributed by atoms with E-state index in [9.17, 15) is 0 Å². The van der Waals surface area contributed by atoms with Crippen LogP contribution in [-0.2, 0) is 9.47 Å². The minimum absolute atomic E-state index is 0.0482. The van der Waals surface area contributed by atoms with E-state index in [1.807, 2.05) is 0 Å². The van der Waals surface area contributed by atoms with Gasteiger partial charge in [0.15, 0.2) is 0 Å². The lowest BCUT2D eigenvalue weighted by atomic mass is 9.86. The first kappa shape index (κ1) is 20.9. The molecule has 0 aliphatic rings. The Morgan fingerprint density at radius 2 is 1.00 bits per heavy atom. The fourth-order valence-corrected chi connectivity index (χ4v) is 1.81. The maximum atomic E-state index is 6.11. The van der Waals surface area contributed by atoms with E-state index >= 15 is 0 Å². The highest BCUT2D eigenvalue weighted by atomic mass is 16.5. The molecule has 0 N–H and O–H groups in total. The summed E-state index contributed by atoms with van der Waals surface area (Å²) in [6, 6.07) is 0. The van der Waals surface area contributed by atoms with Crippen molar-refractivity contribution in [1.29, 1.82) is 0 Å². The van der Waals surface area contributed by atoms with Crippen LogP contribution in [-0.4, -0.2) is 24.4 Å². The average molecular weight is 301 g/mol. The van der Waals surface area contributed by atoms with Crippen LogP contribution in [0.5, 0.6) is 0 Å². The normalized spacial score (nSPS) is 14.6. The van der Waals surface area contributed by atoms with E-state index in [4.69, 9.17) is 9.47 Å². The van der Waals surface area contributed by atoms with Crippen LogP contribution in [0.4, 0.5) is 0 Å². The van der Waals surface area contributed by atoms with E-state index in [1.165, 1.54) is 6.42 Å². The van der Waals surface area contributed by atoms with Crippen molar-refractivity contribution in [2.24, 2.45) is 10.8 Å². The van der Waals surface area contributed by atoms with Crippen LogP contribution < -0.4 is 0 Å². The van der Waals surface area contributed by atoms with Gasteiger partial charge in [-0.3, -0.25) is 0 Å². The SMILES string of the molecule is CC(C)(C)CCC(C)(C)OCCC(C)(C)OCC(C)(C)C. The van der Waals surface area contributed by atoms with E-state index in [1.54, 1.807) is 0 Å². The van der Waals surface area contributed by atoms with Gasteiger partial charge in [0.25, 0.3) is 0 Å². The molecule has 0 rings (SSSR count). The molecule has 0 amide bonds. The molecular weight excluding hydrogens is 260 g/mol. The smallest absolute Gasteiger partial charge is 0.0648 e. The van der Waals surface area contributed by atoms with E-state index in [0.29, 0.717) is 5.41 Å². The minimum Gasteiger partial charge on any atom is -0.375 e.